The molecule has 1 N–H and O–H groups in total. The number of hydrogen-bond donors (Lipinski definition) is 1. The molecular formula is C19H34N2. The molecule has 2 nitrogen and oxygen atoms in total. The van der Waals surface area contributed by atoms with E-state index in [1.807, 2.05) is 6.20 Å². The third-order valence-corrected chi connectivity index (χ3v) is 4.18. The zero-order chi connectivity index (χ0) is 15.3. The molecule has 21 heavy (non-hydrogen) atoms. The average molecular weight is 290 g/mol. The first-order chi connectivity index (χ1) is 10.3. The van der Waals surface area contributed by atoms with Crippen LogP contribution in [-0.4, -0.2) is 11.5 Å². The van der Waals surface area contributed by atoms with Crippen molar-refractivity contribution in [1.29, 1.82) is 0 Å². The maximum atomic E-state index is 4.65. The van der Waals surface area contributed by atoms with Crippen molar-refractivity contribution in [1.82, 2.24) is 10.3 Å². The number of rotatable bonds is 12. The largest absolute Gasteiger partial charge is 0.309 e. The third kappa shape index (κ3) is 7.08. The lowest BCUT2D eigenvalue weighted by Gasteiger charge is -2.20. The standard InChI is InChI=1S/C19H34N2/c1-4-7-8-9-10-11-12-15-18(20-6-3)19-17(5-2)14-13-16-21-19/h13-14,16,18,20H,4-12,15H2,1-3H3. The molecule has 1 rings (SSSR count). The van der Waals surface area contributed by atoms with Crippen molar-refractivity contribution in [2.75, 3.05) is 6.54 Å². The monoisotopic (exact) mass is 290 g/mol. The first-order valence-corrected chi connectivity index (χ1v) is 9.00. The number of aromatic nitrogens is 1. The van der Waals surface area contributed by atoms with Gasteiger partial charge in [-0.2, -0.15) is 0 Å². The quantitative estimate of drug-likeness (QED) is 0.519. The van der Waals surface area contributed by atoms with Crippen LogP contribution < -0.4 is 5.32 Å². The van der Waals surface area contributed by atoms with Crippen molar-refractivity contribution in [3.05, 3.63) is 29.6 Å². The molecule has 0 aliphatic heterocycles. The molecule has 0 saturated carbocycles. The highest BCUT2D eigenvalue weighted by Gasteiger charge is 2.14. The molecule has 2 heteroatoms. The average Bonchev–Trinajstić information content (AvgIpc) is 2.53. The minimum absolute atomic E-state index is 0.432. The van der Waals surface area contributed by atoms with Gasteiger partial charge in [0.2, 0.25) is 0 Å². The van der Waals surface area contributed by atoms with Gasteiger partial charge in [0.1, 0.15) is 0 Å². The fraction of sp³-hybridized carbons (Fsp3) is 0.737. The fourth-order valence-electron chi connectivity index (χ4n) is 2.95. The van der Waals surface area contributed by atoms with Crippen molar-refractivity contribution in [3.63, 3.8) is 0 Å². The Morgan fingerprint density at radius 2 is 1.71 bits per heavy atom. The van der Waals surface area contributed by atoms with Crippen LogP contribution in [0.2, 0.25) is 0 Å². The van der Waals surface area contributed by atoms with Crippen LogP contribution in [0.25, 0.3) is 0 Å². The normalized spacial score (nSPS) is 12.5. The van der Waals surface area contributed by atoms with Gasteiger partial charge in [-0.1, -0.05) is 71.8 Å². The van der Waals surface area contributed by atoms with Crippen LogP contribution in [0.3, 0.4) is 0 Å². The molecule has 0 spiro atoms. The summed E-state index contributed by atoms with van der Waals surface area (Å²) in [4.78, 5) is 4.65. The van der Waals surface area contributed by atoms with E-state index in [4.69, 9.17) is 0 Å². The Hall–Kier alpha value is -0.890. The second kappa shape index (κ2) is 11.7. The molecule has 0 amide bonds. The van der Waals surface area contributed by atoms with E-state index in [0.29, 0.717) is 6.04 Å². The summed E-state index contributed by atoms with van der Waals surface area (Å²) in [6, 6.07) is 4.71. The zero-order valence-corrected chi connectivity index (χ0v) is 14.3. The molecule has 0 fully saturated rings. The molecule has 0 radical (unpaired) electrons. The van der Waals surface area contributed by atoms with E-state index in [1.54, 1.807) is 0 Å². The molecule has 120 valence electrons. The van der Waals surface area contributed by atoms with Gasteiger partial charge < -0.3 is 5.32 Å². The first kappa shape index (κ1) is 18.2. The van der Waals surface area contributed by atoms with Crippen LogP contribution in [0.4, 0.5) is 0 Å². The molecule has 1 heterocycles. The lowest BCUT2D eigenvalue weighted by molar-refractivity contribution is 0.465. The second-order valence-corrected chi connectivity index (χ2v) is 5.92. The lowest BCUT2D eigenvalue weighted by Crippen LogP contribution is -2.23. The Morgan fingerprint density at radius 3 is 2.38 bits per heavy atom. The summed E-state index contributed by atoms with van der Waals surface area (Å²) in [5.41, 5.74) is 2.67. The summed E-state index contributed by atoms with van der Waals surface area (Å²) in [5.74, 6) is 0. The van der Waals surface area contributed by atoms with Crippen LogP contribution in [0, 0.1) is 0 Å². The summed E-state index contributed by atoms with van der Waals surface area (Å²) in [6.45, 7) is 7.70. The van der Waals surface area contributed by atoms with Crippen molar-refractivity contribution in [2.45, 2.75) is 84.6 Å². The summed E-state index contributed by atoms with van der Waals surface area (Å²) < 4.78 is 0. The molecule has 1 aromatic heterocycles. The Morgan fingerprint density at radius 1 is 1.00 bits per heavy atom. The van der Waals surface area contributed by atoms with Gasteiger partial charge in [0, 0.05) is 12.2 Å². The van der Waals surface area contributed by atoms with Crippen LogP contribution in [0.15, 0.2) is 18.3 Å². The zero-order valence-electron chi connectivity index (χ0n) is 14.3. The summed E-state index contributed by atoms with van der Waals surface area (Å²) >= 11 is 0. The smallest absolute Gasteiger partial charge is 0.0604 e. The van der Waals surface area contributed by atoms with E-state index < -0.39 is 0 Å². The van der Waals surface area contributed by atoms with Crippen molar-refractivity contribution >= 4 is 0 Å². The number of nitrogens with one attached hydrogen (secondary N) is 1. The lowest BCUT2D eigenvalue weighted by atomic mass is 9.99. The minimum Gasteiger partial charge on any atom is -0.309 e. The van der Waals surface area contributed by atoms with Crippen LogP contribution in [0.1, 0.15) is 89.4 Å². The summed E-state index contributed by atoms with van der Waals surface area (Å²) in [7, 11) is 0. The Bertz CT molecular complexity index is 362. The molecule has 0 saturated heterocycles. The molecule has 1 atom stereocenters. The number of hydrogen-bond acceptors (Lipinski definition) is 2. The topological polar surface area (TPSA) is 24.9 Å². The maximum Gasteiger partial charge on any atom is 0.0604 e. The third-order valence-electron chi connectivity index (χ3n) is 4.18. The second-order valence-electron chi connectivity index (χ2n) is 5.92. The number of pyridine rings is 1. The predicted molar refractivity (Wildman–Crippen MR) is 92.6 cm³/mol. The van der Waals surface area contributed by atoms with Gasteiger partial charge in [0.05, 0.1) is 5.69 Å². The van der Waals surface area contributed by atoms with Crippen molar-refractivity contribution in [3.8, 4) is 0 Å². The minimum atomic E-state index is 0.432. The van der Waals surface area contributed by atoms with Gasteiger partial charge >= 0.3 is 0 Å². The highest BCUT2D eigenvalue weighted by atomic mass is 14.9. The van der Waals surface area contributed by atoms with Crippen molar-refractivity contribution in [2.24, 2.45) is 0 Å². The highest BCUT2D eigenvalue weighted by Crippen LogP contribution is 2.22. The van der Waals surface area contributed by atoms with E-state index in [2.05, 4.69) is 43.2 Å². The molecule has 0 aromatic carbocycles. The maximum absolute atomic E-state index is 4.65. The Labute approximate surface area is 131 Å². The fourth-order valence-corrected chi connectivity index (χ4v) is 2.95. The molecule has 1 unspecified atom stereocenters. The van der Waals surface area contributed by atoms with Gasteiger partial charge in [0.25, 0.3) is 0 Å². The summed E-state index contributed by atoms with van der Waals surface area (Å²) in [5, 5.41) is 3.62. The molecule has 0 aliphatic rings. The first-order valence-electron chi connectivity index (χ1n) is 9.00. The van der Waals surface area contributed by atoms with E-state index in [0.717, 1.165) is 13.0 Å². The number of unbranched alkanes of at least 4 members (excludes halogenated alkanes) is 6. The molecule has 0 aliphatic carbocycles. The van der Waals surface area contributed by atoms with E-state index in [9.17, 15) is 0 Å². The van der Waals surface area contributed by atoms with Gasteiger partial charge in [-0.05, 0) is 31.0 Å². The van der Waals surface area contributed by atoms with Crippen LogP contribution >= 0.6 is 0 Å². The van der Waals surface area contributed by atoms with Crippen molar-refractivity contribution < 1.29 is 0 Å². The Balaban J connectivity index is 2.39. The van der Waals surface area contributed by atoms with E-state index in [1.165, 1.54) is 62.6 Å². The van der Waals surface area contributed by atoms with Gasteiger partial charge in [-0.15, -0.1) is 0 Å². The Kier molecular flexibility index (Phi) is 10.1. The summed E-state index contributed by atoms with van der Waals surface area (Å²) in [6.07, 6.45) is 13.8. The molecular weight excluding hydrogens is 256 g/mol. The van der Waals surface area contributed by atoms with Gasteiger partial charge in [0.15, 0.2) is 0 Å². The van der Waals surface area contributed by atoms with Crippen LogP contribution in [0.5, 0.6) is 0 Å². The van der Waals surface area contributed by atoms with Crippen LogP contribution in [-0.2, 0) is 6.42 Å². The number of nitrogens with zero attached hydrogens (tertiary/aromatic N) is 1. The molecule has 1 aromatic rings. The number of aryl methyl sites for hydroxylation is 1. The highest BCUT2D eigenvalue weighted by molar-refractivity contribution is 5.22. The van der Waals surface area contributed by atoms with Gasteiger partial charge in [-0.3, -0.25) is 4.98 Å². The molecule has 0 bridgehead atoms. The van der Waals surface area contributed by atoms with Gasteiger partial charge in [-0.25, -0.2) is 0 Å². The SMILES string of the molecule is CCCCCCCCCC(NCC)c1ncccc1CC. The van der Waals surface area contributed by atoms with E-state index >= 15 is 0 Å². The van der Waals surface area contributed by atoms with E-state index in [-0.39, 0.29) is 0 Å². The predicted octanol–water partition coefficient (Wildman–Crippen LogP) is 5.44.